The summed E-state index contributed by atoms with van der Waals surface area (Å²) in [6.07, 6.45) is -0.737. The van der Waals surface area contributed by atoms with Gasteiger partial charge in [-0.3, -0.25) is 9.59 Å². The lowest BCUT2D eigenvalue weighted by atomic mass is 9.98. The number of carboxylic acid groups (broad SMARTS) is 1. The highest BCUT2D eigenvalue weighted by molar-refractivity contribution is 5.92. The van der Waals surface area contributed by atoms with E-state index in [0.29, 0.717) is 6.42 Å². The molecule has 0 aliphatic heterocycles. The van der Waals surface area contributed by atoms with Crippen LogP contribution in [0.25, 0.3) is 0 Å². The average molecular weight is 319 g/mol. The molecular formula is C13H25N3O6. The quantitative estimate of drug-likeness (QED) is 0.280. The smallest absolute Gasteiger partial charge is 0.326 e. The molecule has 0 saturated heterocycles. The van der Waals surface area contributed by atoms with Gasteiger partial charge in [0.25, 0.3) is 0 Å². The first kappa shape index (κ1) is 20.3. The Labute approximate surface area is 128 Å². The van der Waals surface area contributed by atoms with Gasteiger partial charge in [0.05, 0.1) is 12.7 Å². The topological polar surface area (TPSA) is 162 Å². The summed E-state index contributed by atoms with van der Waals surface area (Å²) in [6, 6.07) is -3.74. The maximum absolute atomic E-state index is 12.1. The molecule has 9 heteroatoms. The molecule has 0 aromatic heterocycles. The van der Waals surface area contributed by atoms with E-state index in [1.54, 1.807) is 13.8 Å². The van der Waals surface area contributed by atoms with Crippen molar-refractivity contribution in [3.05, 3.63) is 0 Å². The number of aliphatic hydroxyl groups is 2. The van der Waals surface area contributed by atoms with Gasteiger partial charge in [-0.2, -0.15) is 0 Å². The number of amides is 2. The molecule has 0 aromatic rings. The summed E-state index contributed by atoms with van der Waals surface area (Å²) in [7, 11) is 0. The summed E-state index contributed by atoms with van der Waals surface area (Å²) in [5, 5.41) is 32.0. The van der Waals surface area contributed by atoms with E-state index in [1.165, 1.54) is 6.92 Å². The Balaban J connectivity index is 4.99. The summed E-state index contributed by atoms with van der Waals surface area (Å²) < 4.78 is 0. The molecule has 7 N–H and O–H groups in total. The zero-order valence-corrected chi connectivity index (χ0v) is 12.9. The summed E-state index contributed by atoms with van der Waals surface area (Å²) in [5.41, 5.74) is 5.31. The van der Waals surface area contributed by atoms with Crippen molar-refractivity contribution >= 4 is 17.8 Å². The van der Waals surface area contributed by atoms with E-state index >= 15 is 0 Å². The first-order chi connectivity index (χ1) is 10.1. The highest BCUT2D eigenvalue weighted by atomic mass is 16.4. The number of nitrogens with two attached hydrogens (primary N) is 1. The molecular weight excluding hydrogens is 294 g/mol. The monoisotopic (exact) mass is 319 g/mol. The van der Waals surface area contributed by atoms with Gasteiger partial charge in [0.1, 0.15) is 18.1 Å². The molecule has 128 valence electrons. The van der Waals surface area contributed by atoms with Crippen molar-refractivity contribution in [1.82, 2.24) is 10.6 Å². The number of rotatable bonds is 9. The van der Waals surface area contributed by atoms with Gasteiger partial charge in [-0.15, -0.1) is 0 Å². The number of hydrogen-bond acceptors (Lipinski definition) is 6. The Morgan fingerprint density at radius 1 is 1.09 bits per heavy atom. The normalized spacial score (nSPS) is 17.7. The van der Waals surface area contributed by atoms with Gasteiger partial charge in [0.2, 0.25) is 11.8 Å². The molecule has 0 spiro atoms. The van der Waals surface area contributed by atoms with Crippen LogP contribution in [0.3, 0.4) is 0 Å². The van der Waals surface area contributed by atoms with Crippen molar-refractivity contribution in [1.29, 1.82) is 0 Å². The number of carboxylic acids is 1. The van der Waals surface area contributed by atoms with Crippen LogP contribution < -0.4 is 16.4 Å². The summed E-state index contributed by atoms with van der Waals surface area (Å²) in [5.74, 6) is -3.18. The van der Waals surface area contributed by atoms with Crippen LogP contribution in [0.1, 0.15) is 27.2 Å². The summed E-state index contributed by atoms with van der Waals surface area (Å²) in [6.45, 7) is 4.09. The van der Waals surface area contributed by atoms with E-state index in [9.17, 15) is 19.5 Å². The molecule has 0 fully saturated rings. The molecule has 9 nitrogen and oxygen atoms in total. The summed E-state index contributed by atoms with van der Waals surface area (Å²) in [4.78, 5) is 34.9. The lowest BCUT2D eigenvalue weighted by Crippen LogP contribution is -2.59. The molecule has 0 saturated carbocycles. The van der Waals surface area contributed by atoms with Crippen molar-refractivity contribution in [3.8, 4) is 0 Å². The predicted molar refractivity (Wildman–Crippen MR) is 77.7 cm³/mol. The molecule has 5 atom stereocenters. The lowest BCUT2D eigenvalue weighted by molar-refractivity contribution is -0.144. The number of carbonyl (C=O) groups is 3. The predicted octanol–water partition coefficient (Wildman–Crippen LogP) is -2.21. The van der Waals surface area contributed by atoms with E-state index in [-0.39, 0.29) is 5.92 Å². The third-order valence-corrected chi connectivity index (χ3v) is 3.37. The number of carbonyl (C=O) groups excluding carboxylic acids is 2. The van der Waals surface area contributed by atoms with Gasteiger partial charge < -0.3 is 31.7 Å². The first-order valence-electron chi connectivity index (χ1n) is 7.03. The molecule has 2 amide bonds. The second-order valence-corrected chi connectivity index (χ2v) is 5.23. The molecule has 0 rings (SSSR count). The van der Waals surface area contributed by atoms with Crippen LogP contribution in [-0.2, 0) is 14.4 Å². The molecule has 0 aliphatic carbocycles. The molecule has 0 aliphatic rings. The van der Waals surface area contributed by atoms with Crippen LogP contribution in [0, 0.1) is 5.92 Å². The minimum atomic E-state index is -1.36. The molecule has 22 heavy (non-hydrogen) atoms. The van der Waals surface area contributed by atoms with Gasteiger partial charge in [0.15, 0.2) is 0 Å². The Bertz CT molecular complexity index is 401. The fourth-order valence-corrected chi connectivity index (χ4v) is 1.67. The zero-order chi connectivity index (χ0) is 17.4. The number of hydrogen-bond donors (Lipinski definition) is 6. The third kappa shape index (κ3) is 5.96. The van der Waals surface area contributed by atoms with E-state index < -0.39 is 48.6 Å². The fourth-order valence-electron chi connectivity index (χ4n) is 1.67. The van der Waals surface area contributed by atoms with Gasteiger partial charge in [0, 0.05) is 0 Å². The first-order valence-corrected chi connectivity index (χ1v) is 7.03. The molecule has 0 bridgehead atoms. The van der Waals surface area contributed by atoms with Gasteiger partial charge in [-0.25, -0.2) is 4.79 Å². The minimum Gasteiger partial charge on any atom is -0.480 e. The van der Waals surface area contributed by atoms with Crippen molar-refractivity contribution in [2.24, 2.45) is 11.7 Å². The van der Waals surface area contributed by atoms with Gasteiger partial charge >= 0.3 is 5.97 Å². The summed E-state index contributed by atoms with van der Waals surface area (Å²) >= 11 is 0. The Morgan fingerprint density at radius 2 is 1.59 bits per heavy atom. The van der Waals surface area contributed by atoms with Gasteiger partial charge in [-0.05, 0) is 12.8 Å². The minimum absolute atomic E-state index is 0.327. The maximum Gasteiger partial charge on any atom is 0.326 e. The molecule has 5 unspecified atom stereocenters. The van der Waals surface area contributed by atoms with Crippen molar-refractivity contribution < 1.29 is 29.7 Å². The third-order valence-electron chi connectivity index (χ3n) is 3.37. The second kappa shape index (κ2) is 9.34. The lowest BCUT2D eigenvalue weighted by Gasteiger charge is -2.26. The highest BCUT2D eigenvalue weighted by Crippen LogP contribution is 2.08. The van der Waals surface area contributed by atoms with Crippen LogP contribution >= 0.6 is 0 Å². The fraction of sp³-hybridized carbons (Fsp3) is 0.769. The number of aliphatic hydroxyl groups excluding tert-OH is 2. The van der Waals surface area contributed by atoms with Crippen LogP contribution in [-0.4, -0.2) is 63.9 Å². The number of aliphatic carboxylic acids is 1. The molecule has 0 radical (unpaired) electrons. The van der Waals surface area contributed by atoms with E-state index in [0.717, 1.165) is 0 Å². The van der Waals surface area contributed by atoms with E-state index in [4.69, 9.17) is 15.9 Å². The maximum atomic E-state index is 12.1. The van der Waals surface area contributed by atoms with E-state index in [1.807, 2.05) is 0 Å². The molecule has 0 aromatic carbocycles. The van der Waals surface area contributed by atoms with Crippen LogP contribution in [0.2, 0.25) is 0 Å². The van der Waals surface area contributed by atoms with Crippen LogP contribution in [0.5, 0.6) is 0 Å². The highest BCUT2D eigenvalue weighted by Gasteiger charge is 2.32. The SMILES string of the molecule is CCC(C)C(NC(=O)C(NC(=O)C(N)CO)C(C)O)C(=O)O. The Hall–Kier alpha value is -1.71. The van der Waals surface area contributed by atoms with E-state index in [2.05, 4.69) is 10.6 Å². The zero-order valence-electron chi connectivity index (χ0n) is 12.9. The van der Waals surface area contributed by atoms with Gasteiger partial charge in [-0.1, -0.05) is 20.3 Å². The van der Waals surface area contributed by atoms with Crippen molar-refractivity contribution in [2.45, 2.75) is 51.4 Å². The second-order valence-electron chi connectivity index (χ2n) is 5.23. The van der Waals surface area contributed by atoms with Crippen LogP contribution in [0.4, 0.5) is 0 Å². The number of nitrogens with one attached hydrogen (secondary N) is 2. The average Bonchev–Trinajstić information content (AvgIpc) is 2.47. The van der Waals surface area contributed by atoms with Crippen molar-refractivity contribution in [3.63, 3.8) is 0 Å². The van der Waals surface area contributed by atoms with Crippen molar-refractivity contribution in [2.75, 3.05) is 6.61 Å². The molecule has 0 heterocycles. The van der Waals surface area contributed by atoms with Crippen LogP contribution in [0.15, 0.2) is 0 Å². The Kier molecular flexibility index (Phi) is 8.61. The Morgan fingerprint density at radius 3 is 1.95 bits per heavy atom. The largest absolute Gasteiger partial charge is 0.480 e. The standard InChI is InChI=1S/C13H25N3O6/c1-4-6(2)9(13(21)22)15-12(20)10(7(3)18)16-11(19)8(14)5-17/h6-10,17-18H,4-5,14H2,1-3H3,(H,15,20)(H,16,19)(H,21,22).